The Morgan fingerprint density at radius 1 is 0.789 bits per heavy atom. The number of carbonyl (C=O) groups is 2. The van der Waals surface area contributed by atoms with Crippen LogP contribution in [0.3, 0.4) is 0 Å². The topological polar surface area (TPSA) is 101 Å². The Morgan fingerprint density at radius 3 is 1.47 bits per heavy atom. The van der Waals surface area contributed by atoms with Gasteiger partial charge in [-0.1, -0.05) is 51.9 Å². The predicted octanol–water partition coefficient (Wildman–Crippen LogP) is 3.02. The fourth-order valence-electron chi connectivity index (χ4n) is 1.49. The van der Waals surface area contributed by atoms with Crippen molar-refractivity contribution >= 4 is 11.9 Å². The van der Waals surface area contributed by atoms with Crippen LogP contribution in [0.25, 0.3) is 0 Å². The number of hydrogen-bond donors (Lipinski definition) is 3. The Balaban J connectivity index is 0. The third kappa shape index (κ3) is 26.5. The van der Waals surface area contributed by atoms with E-state index in [0.29, 0.717) is 0 Å². The largest absolute Gasteiger partial charge is 0.481 e. The Kier molecular flexibility index (Phi) is 18.0. The maximum Gasteiger partial charge on any atom is 0.303 e. The number of unbranched alkanes of at least 4 members (excludes halogenated alkanes) is 7. The second-order valence-electron chi connectivity index (χ2n) is 4.55. The molecule has 4 N–H and O–H groups in total. The molecule has 5 heteroatoms. The first-order valence-corrected chi connectivity index (χ1v) is 7.18. The first kappa shape index (κ1) is 20.2. The minimum absolute atomic E-state index is 0.296. The van der Waals surface area contributed by atoms with Crippen LogP contribution in [-0.4, -0.2) is 28.7 Å². The van der Waals surface area contributed by atoms with Gasteiger partial charge in [0.15, 0.2) is 0 Å². The van der Waals surface area contributed by atoms with Crippen LogP contribution in [-0.2, 0) is 9.59 Å². The van der Waals surface area contributed by atoms with E-state index in [-0.39, 0.29) is 12.8 Å². The molecule has 0 spiro atoms. The first-order valence-electron chi connectivity index (χ1n) is 7.18. The van der Waals surface area contributed by atoms with Crippen LogP contribution >= 0.6 is 0 Å². The van der Waals surface area contributed by atoms with Gasteiger partial charge in [0.05, 0.1) is 12.8 Å². The highest BCUT2D eigenvalue weighted by molar-refractivity contribution is 5.75. The molecule has 0 aliphatic rings. The van der Waals surface area contributed by atoms with Gasteiger partial charge in [0, 0.05) is 0 Å². The molecule has 0 rings (SSSR count). The lowest BCUT2D eigenvalue weighted by Gasteiger charge is -1.99. The molecule has 114 valence electrons. The van der Waals surface area contributed by atoms with E-state index >= 15 is 0 Å². The molecule has 0 aromatic carbocycles. The number of hydrogen-bond acceptors (Lipinski definition) is 3. The molecule has 0 heterocycles. The molecule has 0 saturated carbocycles. The van der Waals surface area contributed by atoms with Crippen LogP contribution in [0.1, 0.15) is 71.1 Å². The molecule has 0 unspecified atom stereocenters. The van der Waals surface area contributed by atoms with Gasteiger partial charge in [-0.3, -0.25) is 9.59 Å². The monoisotopic (exact) mass is 275 g/mol. The summed E-state index contributed by atoms with van der Waals surface area (Å²) in [6, 6.07) is 0. The molecular weight excluding hydrogens is 246 g/mol. The average Bonchev–Trinajstić information content (AvgIpc) is 2.36. The zero-order valence-electron chi connectivity index (χ0n) is 12.1. The summed E-state index contributed by atoms with van der Waals surface area (Å²) < 4.78 is 0. The van der Waals surface area contributed by atoms with Crippen LogP contribution in [0, 0.1) is 0 Å². The highest BCUT2D eigenvalue weighted by Gasteiger charge is 2.00. The second-order valence-corrected chi connectivity index (χ2v) is 4.55. The van der Waals surface area contributed by atoms with E-state index in [1.807, 2.05) is 0 Å². The van der Waals surface area contributed by atoms with Crippen molar-refractivity contribution in [2.24, 2.45) is 5.73 Å². The van der Waals surface area contributed by atoms with E-state index in [4.69, 9.17) is 15.9 Å². The van der Waals surface area contributed by atoms with Gasteiger partial charge >= 0.3 is 11.9 Å². The summed E-state index contributed by atoms with van der Waals surface area (Å²) in [7, 11) is 0. The third-order valence-corrected chi connectivity index (χ3v) is 2.61. The number of aliphatic carboxylic acids is 2. The minimum atomic E-state index is -1.08. The Labute approximate surface area is 116 Å². The van der Waals surface area contributed by atoms with Gasteiger partial charge in [0.25, 0.3) is 0 Å². The summed E-state index contributed by atoms with van der Waals surface area (Å²) in [5.41, 5.74) is 5.39. The van der Waals surface area contributed by atoms with E-state index < -0.39 is 11.9 Å². The minimum Gasteiger partial charge on any atom is -0.481 e. The van der Waals surface area contributed by atoms with Gasteiger partial charge in [-0.2, -0.15) is 0 Å². The van der Waals surface area contributed by atoms with Crippen LogP contribution in [0.5, 0.6) is 0 Å². The number of carboxylic acids is 2. The lowest BCUT2D eigenvalue weighted by molar-refractivity contribution is -0.143. The quantitative estimate of drug-likeness (QED) is 0.503. The van der Waals surface area contributed by atoms with E-state index in [0.717, 1.165) is 6.54 Å². The molecule has 0 saturated heterocycles. The van der Waals surface area contributed by atoms with Crippen LogP contribution in [0.4, 0.5) is 0 Å². The smallest absolute Gasteiger partial charge is 0.303 e. The molecule has 0 fully saturated rings. The molecule has 0 radical (unpaired) electrons. The standard InChI is InChI=1S/C10H23N.C4H6O4/c1-2-3-4-5-6-7-8-9-10-11;5-3(6)1-2-4(7)8/h2-11H2,1H3;1-2H2,(H,5,6)(H,7,8). The predicted molar refractivity (Wildman–Crippen MR) is 76.2 cm³/mol. The van der Waals surface area contributed by atoms with Gasteiger partial charge < -0.3 is 15.9 Å². The van der Waals surface area contributed by atoms with Crippen molar-refractivity contribution < 1.29 is 19.8 Å². The Bertz CT molecular complexity index is 197. The molecule has 0 atom stereocenters. The molecule has 0 amide bonds. The molecule has 5 nitrogen and oxygen atoms in total. The van der Waals surface area contributed by atoms with E-state index in [2.05, 4.69) is 6.92 Å². The fraction of sp³-hybridized carbons (Fsp3) is 0.857. The van der Waals surface area contributed by atoms with Gasteiger partial charge in [0.1, 0.15) is 0 Å². The molecular formula is C14H29NO4. The first-order chi connectivity index (χ1) is 9.04. The van der Waals surface area contributed by atoms with Crippen molar-refractivity contribution in [2.45, 2.75) is 71.1 Å². The van der Waals surface area contributed by atoms with Gasteiger partial charge in [-0.05, 0) is 13.0 Å². The number of carboxylic acid groups (broad SMARTS) is 2. The maximum atomic E-state index is 9.64. The normalized spacial score (nSPS) is 9.58. The SMILES string of the molecule is CCCCCCCCCCN.O=C(O)CCC(=O)O. The molecule has 0 aromatic rings. The van der Waals surface area contributed by atoms with E-state index in [9.17, 15) is 9.59 Å². The molecule has 0 aliphatic heterocycles. The maximum absolute atomic E-state index is 9.64. The molecule has 0 bridgehead atoms. The van der Waals surface area contributed by atoms with Crippen molar-refractivity contribution in [3.8, 4) is 0 Å². The van der Waals surface area contributed by atoms with Crippen molar-refractivity contribution in [3.05, 3.63) is 0 Å². The van der Waals surface area contributed by atoms with Gasteiger partial charge in [-0.15, -0.1) is 0 Å². The van der Waals surface area contributed by atoms with Crippen LogP contribution < -0.4 is 5.73 Å². The Hall–Kier alpha value is -1.10. The fourth-order valence-corrected chi connectivity index (χ4v) is 1.49. The lowest BCUT2D eigenvalue weighted by Crippen LogP contribution is -2.00. The highest BCUT2D eigenvalue weighted by atomic mass is 16.4. The zero-order valence-corrected chi connectivity index (χ0v) is 12.1. The van der Waals surface area contributed by atoms with Crippen molar-refractivity contribution in [1.82, 2.24) is 0 Å². The van der Waals surface area contributed by atoms with E-state index in [1.165, 1.54) is 51.4 Å². The van der Waals surface area contributed by atoms with E-state index in [1.54, 1.807) is 0 Å². The summed E-state index contributed by atoms with van der Waals surface area (Å²) in [4.78, 5) is 19.3. The number of rotatable bonds is 11. The average molecular weight is 275 g/mol. The van der Waals surface area contributed by atoms with Gasteiger partial charge in [0.2, 0.25) is 0 Å². The Morgan fingerprint density at radius 2 is 1.16 bits per heavy atom. The summed E-state index contributed by atoms with van der Waals surface area (Å²) in [5.74, 6) is -2.15. The van der Waals surface area contributed by atoms with Crippen molar-refractivity contribution in [1.29, 1.82) is 0 Å². The van der Waals surface area contributed by atoms with Crippen molar-refractivity contribution in [3.63, 3.8) is 0 Å². The lowest BCUT2D eigenvalue weighted by atomic mass is 10.1. The molecule has 0 aliphatic carbocycles. The summed E-state index contributed by atoms with van der Waals surface area (Å²) in [5, 5.41) is 15.8. The van der Waals surface area contributed by atoms with Crippen LogP contribution in [0.15, 0.2) is 0 Å². The highest BCUT2D eigenvalue weighted by Crippen LogP contribution is 2.07. The third-order valence-electron chi connectivity index (χ3n) is 2.61. The van der Waals surface area contributed by atoms with Gasteiger partial charge in [-0.25, -0.2) is 0 Å². The van der Waals surface area contributed by atoms with Crippen LogP contribution in [0.2, 0.25) is 0 Å². The zero-order chi connectivity index (χ0) is 14.9. The summed E-state index contributed by atoms with van der Waals surface area (Å²) in [6.07, 6.45) is 10.4. The summed E-state index contributed by atoms with van der Waals surface area (Å²) in [6.45, 7) is 3.13. The number of nitrogens with two attached hydrogens (primary N) is 1. The molecule has 19 heavy (non-hydrogen) atoms. The molecule has 0 aromatic heterocycles. The summed E-state index contributed by atoms with van der Waals surface area (Å²) >= 11 is 0. The van der Waals surface area contributed by atoms with Crippen molar-refractivity contribution in [2.75, 3.05) is 6.54 Å². The second kappa shape index (κ2) is 16.9.